The van der Waals surface area contributed by atoms with Crippen LogP contribution in [-0.4, -0.2) is 59.5 Å². The third-order valence-electron chi connectivity index (χ3n) is 4.88. The highest BCUT2D eigenvalue weighted by atomic mass is 16.6. The van der Waals surface area contributed by atoms with Crippen LogP contribution >= 0.6 is 0 Å². The minimum Gasteiger partial charge on any atom is -0.485 e. The summed E-state index contributed by atoms with van der Waals surface area (Å²) >= 11 is 0. The number of benzene rings is 2. The molecule has 1 fully saturated rings. The topological polar surface area (TPSA) is 93.5 Å². The van der Waals surface area contributed by atoms with E-state index in [1.54, 1.807) is 6.07 Å². The summed E-state index contributed by atoms with van der Waals surface area (Å²) in [6.45, 7) is 4.26. The Balaban J connectivity index is 1.46. The number of nitrogens with one attached hydrogen (secondary N) is 1. The molecule has 8 nitrogen and oxygen atoms in total. The molecule has 0 bridgehead atoms. The number of morpholine rings is 1. The van der Waals surface area contributed by atoms with E-state index in [1.807, 2.05) is 42.5 Å². The van der Waals surface area contributed by atoms with Gasteiger partial charge in [0.2, 0.25) is 0 Å². The summed E-state index contributed by atoms with van der Waals surface area (Å²) in [6.07, 6.45) is 3.66. The van der Waals surface area contributed by atoms with Crippen LogP contribution in [0, 0.1) is 10.1 Å². The van der Waals surface area contributed by atoms with Crippen LogP contribution in [-0.2, 0) is 4.74 Å². The van der Waals surface area contributed by atoms with Gasteiger partial charge in [-0.2, -0.15) is 5.10 Å². The van der Waals surface area contributed by atoms with Crippen LogP contribution in [0.3, 0.4) is 0 Å². The summed E-state index contributed by atoms with van der Waals surface area (Å²) in [5.74, 6) is 0.283. The number of nitrogens with zero attached hydrogens (tertiary/aromatic N) is 3. The number of rotatable bonds is 7. The Kier molecular flexibility index (Phi) is 5.83. The fraction of sp³-hybridized carbons (Fsp3) is 0.286. The first-order chi connectivity index (χ1) is 14.2. The molecule has 0 spiro atoms. The van der Waals surface area contributed by atoms with Crippen molar-refractivity contribution >= 4 is 28.7 Å². The quantitative estimate of drug-likeness (QED) is 0.488. The van der Waals surface area contributed by atoms with E-state index in [2.05, 4.69) is 15.1 Å². The molecule has 0 unspecified atom stereocenters. The molecule has 0 atom stereocenters. The van der Waals surface area contributed by atoms with Gasteiger partial charge in [-0.3, -0.25) is 20.1 Å². The lowest BCUT2D eigenvalue weighted by molar-refractivity contribution is -0.385. The van der Waals surface area contributed by atoms with E-state index in [0.29, 0.717) is 31.9 Å². The number of nitro benzene ring substituents is 1. The number of aromatic nitrogens is 2. The Morgan fingerprint density at radius 1 is 1.21 bits per heavy atom. The first kappa shape index (κ1) is 19.1. The zero-order valence-corrected chi connectivity index (χ0v) is 15.9. The Morgan fingerprint density at radius 2 is 2.03 bits per heavy atom. The lowest BCUT2D eigenvalue weighted by Gasteiger charge is -2.26. The van der Waals surface area contributed by atoms with Crippen molar-refractivity contribution < 1.29 is 14.4 Å². The van der Waals surface area contributed by atoms with E-state index < -0.39 is 4.92 Å². The zero-order chi connectivity index (χ0) is 20.1. The minimum absolute atomic E-state index is 0.0407. The Labute approximate surface area is 167 Å². The lowest BCUT2D eigenvalue weighted by Crippen LogP contribution is -2.38. The molecular formula is C21H22N4O4. The number of H-pyrrole nitrogens is 1. The Morgan fingerprint density at radius 3 is 2.86 bits per heavy atom. The van der Waals surface area contributed by atoms with Gasteiger partial charge in [-0.25, -0.2) is 0 Å². The zero-order valence-electron chi connectivity index (χ0n) is 15.9. The largest absolute Gasteiger partial charge is 0.485 e. The summed E-state index contributed by atoms with van der Waals surface area (Å²) in [5.41, 5.74) is 2.40. The molecule has 29 heavy (non-hydrogen) atoms. The van der Waals surface area contributed by atoms with Gasteiger partial charge in [0.1, 0.15) is 6.61 Å². The number of hydrogen-bond acceptors (Lipinski definition) is 6. The van der Waals surface area contributed by atoms with E-state index in [0.717, 1.165) is 29.7 Å². The third-order valence-corrected chi connectivity index (χ3v) is 4.88. The highest BCUT2D eigenvalue weighted by Gasteiger charge is 2.16. The minimum atomic E-state index is -0.411. The average molecular weight is 394 g/mol. The average Bonchev–Trinajstić information content (AvgIpc) is 3.16. The van der Waals surface area contributed by atoms with Gasteiger partial charge in [-0.05, 0) is 23.8 Å². The standard InChI is InChI=1S/C21H22N4O4/c26-25(27)20-15-16(5-7-19-17-3-1-2-4-18(17)22-23-19)6-8-21(20)29-14-11-24-9-12-28-13-10-24/h1-8,15H,9-14H2,(H,22,23). The van der Waals surface area contributed by atoms with Gasteiger partial charge in [0.25, 0.3) is 0 Å². The molecule has 2 aromatic carbocycles. The second kappa shape index (κ2) is 8.85. The van der Waals surface area contributed by atoms with Gasteiger partial charge in [-0.15, -0.1) is 0 Å². The lowest BCUT2D eigenvalue weighted by atomic mass is 10.1. The fourth-order valence-electron chi connectivity index (χ4n) is 3.30. The van der Waals surface area contributed by atoms with Crippen LogP contribution in [0.4, 0.5) is 5.69 Å². The number of aromatic amines is 1. The molecule has 150 valence electrons. The Hall–Kier alpha value is -3.23. The number of fused-ring (bicyclic) bond motifs is 1. The highest BCUT2D eigenvalue weighted by molar-refractivity contribution is 5.89. The number of hydrogen-bond donors (Lipinski definition) is 1. The van der Waals surface area contributed by atoms with Crippen molar-refractivity contribution in [1.29, 1.82) is 0 Å². The van der Waals surface area contributed by atoms with E-state index in [-0.39, 0.29) is 11.4 Å². The van der Waals surface area contributed by atoms with Crippen LogP contribution in [0.15, 0.2) is 42.5 Å². The predicted octanol–water partition coefficient (Wildman–Crippen LogP) is 3.35. The molecule has 0 radical (unpaired) electrons. The van der Waals surface area contributed by atoms with Crippen molar-refractivity contribution in [3.8, 4) is 5.75 Å². The van der Waals surface area contributed by atoms with Crippen LogP contribution < -0.4 is 4.74 Å². The maximum atomic E-state index is 11.5. The molecule has 8 heteroatoms. The molecule has 0 saturated carbocycles. The molecule has 4 rings (SSSR count). The van der Waals surface area contributed by atoms with Crippen LogP contribution in [0.5, 0.6) is 5.75 Å². The predicted molar refractivity (Wildman–Crippen MR) is 111 cm³/mol. The molecule has 0 amide bonds. The van der Waals surface area contributed by atoms with Crippen LogP contribution in [0.2, 0.25) is 0 Å². The van der Waals surface area contributed by atoms with Gasteiger partial charge in [-0.1, -0.05) is 30.3 Å². The van der Waals surface area contributed by atoms with Crippen molar-refractivity contribution in [3.05, 3.63) is 63.8 Å². The van der Waals surface area contributed by atoms with E-state index in [4.69, 9.17) is 9.47 Å². The first-order valence-corrected chi connectivity index (χ1v) is 9.53. The number of ether oxygens (including phenoxy) is 2. The van der Waals surface area contributed by atoms with Crippen molar-refractivity contribution in [2.45, 2.75) is 0 Å². The van der Waals surface area contributed by atoms with Gasteiger partial charge in [0, 0.05) is 31.1 Å². The normalized spacial score (nSPS) is 15.2. The first-order valence-electron chi connectivity index (χ1n) is 9.53. The maximum absolute atomic E-state index is 11.5. The monoisotopic (exact) mass is 394 g/mol. The molecule has 0 aliphatic carbocycles. The summed E-state index contributed by atoms with van der Waals surface area (Å²) in [4.78, 5) is 13.3. The van der Waals surface area contributed by atoms with Crippen molar-refractivity contribution in [3.63, 3.8) is 0 Å². The van der Waals surface area contributed by atoms with Gasteiger partial charge < -0.3 is 9.47 Å². The second-order valence-electron chi connectivity index (χ2n) is 6.77. The van der Waals surface area contributed by atoms with Gasteiger partial charge in [0.15, 0.2) is 5.75 Å². The highest BCUT2D eigenvalue weighted by Crippen LogP contribution is 2.29. The summed E-state index contributed by atoms with van der Waals surface area (Å²) in [7, 11) is 0. The summed E-state index contributed by atoms with van der Waals surface area (Å²) in [6, 6.07) is 12.8. The maximum Gasteiger partial charge on any atom is 0.311 e. The molecule has 1 aromatic heterocycles. The van der Waals surface area contributed by atoms with Crippen LogP contribution in [0.1, 0.15) is 11.3 Å². The van der Waals surface area contributed by atoms with Gasteiger partial charge in [0.05, 0.1) is 29.3 Å². The molecule has 1 aliphatic rings. The molecule has 1 saturated heterocycles. The van der Waals surface area contributed by atoms with E-state index in [1.165, 1.54) is 6.07 Å². The number of para-hydroxylation sites is 1. The van der Waals surface area contributed by atoms with Crippen LogP contribution in [0.25, 0.3) is 23.1 Å². The molecular weight excluding hydrogens is 372 g/mol. The second-order valence-corrected chi connectivity index (χ2v) is 6.77. The smallest absolute Gasteiger partial charge is 0.311 e. The summed E-state index contributed by atoms with van der Waals surface area (Å²) < 4.78 is 11.0. The third kappa shape index (κ3) is 4.61. The fourth-order valence-corrected chi connectivity index (χ4v) is 3.30. The molecule has 1 aliphatic heterocycles. The van der Waals surface area contributed by atoms with E-state index in [9.17, 15) is 10.1 Å². The van der Waals surface area contributed by atoms with Crippen molar-refractivity contribution in [1.82, 2.24) is 15.1 Å². The SMILES string of the molecule is O=[N+]([O-])c1cc(C=Cc2n[nH]c3ccccc23)ccc1OCCN1CCOCC1. The molecule has 3 aromatic rings. The number of nitro groups is 1. The van der Waals surface area contributed by atoms with Gasteiger partial charge >= 0.3 is 5.69 Å². The van der Waals surface area contributed by atoms with E-state index >= 15 is 0 Å². The summed E-state index contributed by atoms with van der Waals surface area (Å²) in [5, 5.41) is 19.8. The van der Waals surface area contributed by atoms with Crippen molar-refractivity contribution in [2.24, 2.45) is 0 Å². The Bertz CT molecular complexity index is 1020. The van der Waals surface area contributed by atoms with Crippen molar-refractivity contribution in [2.75, 3.05) is 39.5 Å². The molecule has 1 N–H and O–H groups in total. The molecule has 2 heterocycles.